The summed E-state index contributed by atoms with van der Waals surface area (Å²) in [5.74, 6) is 6.78. The Bertz CT molecular complexity index is 1150. The minimum absolute atomic E-state index is 0.225. The van der Waals surface area contributed by atoms with Crippen LogP contribution in [0, 0.1) is 18.8 Å². The standard InChI is InChI=1S/C24H17NO/c1-17-11-13-20-19(14-12-18-7-3-2-4-8-18)22(16-25-23(20)15-17)21-9-5-6-10-24(21)26/h2-11,13,15-16,26H,1H3. The summed E-state index contributed by atoms with van der Waals surface area (Å²) in [6.45, 7) is 2.05. The van der Waals surface area contributed by atoms with E-state index in [9.17, 15) is 5.11 Å². The number of para-hydroxylation sites is 1. The second-order valence-corrected chi connectivity index (χ2v) is 6.20. The molecule has 0 aliphatic rings. The SMILES string of the molecule is Cc1ccc2c(C#Cc3ccccc3)c(-c3ccccc3O)cnc2c1. The molecule has 3 aromatic carbocycles. The first-order chi connectivity index (χ1) is 12.7. The van der Waals surface area contributed by atoms with Gasteiger partial charge in [0.2, 0.25) is 0 Å². The van der Waals surface area contributed by atoms with Crippen LogP contribution in [0.4, 0.5) is 0 Å². The van der Waals surface area contributed by atoms with Crippen LogP contribution in [0.5, 0.6) is 5.75 Å². The molecule has 26 heavy (non-hydrogen) atoms. The number of benzene rings is 3. The number of phenolic OH excluding ortho intramolecular Hbond substituents is 1. The van der Waals surface area contributed by atoms with E-state index in [-0.39, 0.29) is 5.75 Å². The molecule has 1 aromatic heterocycles. The van der Waals surface area contributed by atoms with Gasteiger partial charge in [0.1, 0.15) is 5.75 Å². The van der Waals surface area contributed by atoms with Crippen molar-refractivity contribution in [3.63, 3.8) is 0 Å². The molecule has 0 unspecified atom stereocenters. The summed E-state index contributed by atoms with van der Waals surface area (Å²) in [5.41, 5.74) is 5.46. The first-order valence-electron chi connectivity index (χ1n) is 8.47. The quantitative estimate of drug-likeness (QED) is 0.478. The third-order valence-corrected chi connectivity index (χ3v) is 4.32. The highest BCUT2D eigenvalue weighted by Crippen LogP contribution is 2.34. The zero-order valence-electron chi connectivity index (χ0n) is 14.4. The van der Waals surface area contributed by atoms with Gasteiger partial charge in [0.15, 0.2) is 0 Å². The number of aromatic hydroxyl groups is 1. The van der Waals surface area contributed by atoms with Crippen LogP contribution in [0.3, 0.4) is 0 Å². The Kier molecular flexibility index (Phi) is 4.13. The van der Waals surface area contributed by atoms with E-state index in [0.29, 0.717) is 0 Å². The molecule has 0 spiro atoms. The zero-order chi connectivity index (χ0) is 17.9. The van der Waals surface area contributed by atoms with E-state index in [1.807, 2.05) is 55.5 Å². The number of pyridine rings is 1. The lowest BCUT2D eigenvalue weighted by molar-refractivity contribution is 0.477. The van der Waals surface area contributed by atoms with Gasteiger partial charge in [-0.1, -0.05) is 60.4 Å². The minimum Gasteiger partial charge on any atom is -0.507 e. The van der Waals surface area contributed by atoms with Crippen LogP contribution in [0.2, 0.25) is 0 Å². The first kappa shape index (κ1) is 15.9. The Morgan fingerprint density at radius 1 is 0.808 bits per heavy atom. The number of aryl methyl sites for hydroxylation is 1. The van der Waals surface area contributed by atoms with Crippen LogP contribution in [0.15, 0.2) is 79.0 Å². The highest BCUT2D eigenvalue weighted by atomic mass is 16.3. The van der Waals surface area contributed by atoms with E-state index in [1.165, 1.54) is 0 Å². The fraction of sp³-hybridized carbons (Fsp3) is 0.0417. The second kappa shape index (κ2) is 6.74. The van der Waals surface area contributed by atoms with Crippen LogP contribution >= 0.6 is 0 Å². The Balaban J connectivity index is 1.99. The van der Waals surface area contributed by atoms with Gasteiger partial charge in [-0.2, -0.15) is 0 Å². The maximum Gasteiger partial charge on any atom is 0.123 e. The lowest BCUT2D eigenvalue weighted by atomic mass is 9.96. The molecular formula is C24H17NO. The Morgan fingerprint density at radius 2 is 1.58 bits per heavy atom. The van der Waals surface area contributed by atoms with Crippen molar-refractivity contribution in [2.45, 2.75) is 6.92 Å². The summed E-state index contributed by atoms with van der Waals surface area (Å²) in [5, 5.41) is 11.3. The van der Waals surface area contributed by atoms with E-state index in [2.05, 4.69) is 35.0 Å². The molecule has 2 heteroatoms. The number of phenols is 1. The van der Waals surface area contributed by atoms with Gasteiger partial charge in [-0.3, -0.25) is 4.98 Å². The fourth-order valence-electron chi connectivity index (χ4n) is 3.00. The van der Waals surface area contributed by atoms with Crippen LogP contribution in [0.1, 0.15) is 16.7 Å². The molecule has 0 radical (unpaired) electrons. The highest BCUT2D eigenvalue weighted by Gasteiger charge is 2.12. The van der Waals surface area contributed by atoms with Crippen molar-refractivity contribution < 1.29 is 5.11 Å². The molecule has 0 aliphatic heterocycles. The number of hydrogen-bond donors (Lipinski definition) is 1. The van der Waals surface area contributed by atoms with Gasteiger partial charge in [-0.15, -0.1) is 0 Å². The topological polar surface area (TPSA) is 33.1 Å². The molecule has 0 amide bonds. The summed E-state index contributed by atoms with van der Waals surface area (Å²) in [6.07, 6.45) is 1.80. The van der Waals surface area contributed by atoms with E-state index in [4.69, 9.17) is 0 Å². The normalized spacial score (nSPS) is 10.3. The van der Waals surface area contributed by atoms with Crippen molar-refractivity contribution in [1.82, 2.24) is 4.98 Å². The first-order valence-corrected chi connectivity index (χ1v) is 8.47. The van der Waals surface area contributed by atoms with E-state index < -0.39 is 0 Å². The largest absolute Gasteiger partial charge is 0.507 e. The molecule has 0 saturated carbocycles. The lowest BCUT2D eigenvalue weighted by Crippen LogP contribution is -1.91. The monoisotopic (exact) mass is 335 g/mol. The number of nitrogens with zero attached hydrogens (tertiary/aromatic N) is 1. The molecule has 4 rings (SSSR count). The van der Waals surface area contributed by atoms with Crippen molar-refractivity contribution in [1.29, 1.82) is 0 Å². The number of aromatic nitrogens is 1. The number of fused-ring (bicyclic) bond motifs is 1. The Morgan fingerprint density at radius 3 is 2.38 bits per heavy atom. The van der Waals surface area contributed by atoms with E-state index in [0.717, 1.165) is 38.7 Å². The highest BCUT2D eigenvalue weighted by molar-refractivity contribution is 5.93. The maximum atomic E-state index is 10.3. The van der Waals surface area contributed by atoms with Gasteiger partial charge in [-0.05, 0) is 36.8 Å². The summed E-state index contributed by atoms with van der Waals surface area (Å²) in [6, 6.07) is 23.4. The van der Waals surface area contributed by atoms with Gasteiger partial charge in [0.05, 0.1) is 5.52 Å². The predicted octanol–water partition coefficient (Wildman–Crippen LogP) is 5.32. The molecule has 1 N–H and O–H groups in total. The molecule has 0 atom stereocenters. The molecule has 0 saturated heterocycles. The van der Waals surface area contributed by atoms with E-state index >= 15 is 0 Å². The number of hydrogen-bond acceptors (Lipinski definition) is 2. The van der Waals surface area contributed by atoms with E-state index in [1.54, 1.807) is 12.3 Å². The smallest absolute Gasteiger partial charge is 0.123 e. The molecule has 124 valence electrons. The Hall–Kier alpha value is -3.57. The van der Waals surface area contributed by atoms with Crippen molar-refractivity contribution in [3.8, 4) is 28.7 Å². The minimum atomic E-state index is 0.225. The number of rotatable bonds is 1. The van der Waals surface area contributed by atoms with Crippen molar-refractivity contribution in [3.05, 3.63) is 95.7 Å². The summed E-state index contributed by atoms with van der Waals surface area (Å²) in [4.78, 5) is 4.60. The molecule has 2 nitrogen and oxygen atoms in total. The average Bonchev–Trinajstić information content (AvgIpc) is 2.67. The summed E-state index contributed by atoms with van der Waals surface area (Å²) < 4.78 is 0. The molecule has 0 aliphatic carbocycles. The van der Waals surface area contributed by atoms with Crippen molar-refractivity contribution in [2.24, 2.45) is 0 Å². The molecule has 1 heterocycles. The van der Waals surface area contributed by atoms with Crippen molar-refractivity contribution in [2.75, 3.05) is 0 Å². The average molecular weight is 335 g/mol. The van der Waals surface area contributed by atoms with Gasteiger partial charge in [0, 0.05) is 33.8 Å². The van der Waals surface area contributed by atoms with Crippen LogP contribution in [-0.2, 0) is 0 Å². The van der Waals surface area contributed by atoms with Crippen LogP contribution < -0.4 is 0 Å². The third kappa shape index (κ3) is 3.03. The molecule has 4 aromatic rings. The maximum absolute atomic E-state index is 10.3. The molecule has 0 bridgehead atoms. The Labute approximate surface area is 152 Å². The van der Waals surface area contributed by atoms with Gasteiger partial charge >= 0.3 is 0 Å². The molecular weight excluding hydrogens is 318 g/mol. The zero-order valence-corrected chi connectivity index (χ0v) is 14.4. The van der Waals surface area contributed by atoms with Crippen LogP contribution in [0.25, 0.3) is 22.0 Å². The summed E-state index contributed by atoms with van der Waals surface area (Å²) in [7, 11) is 0. The van der Waals surface area contributed by atoms with Gasteiger partial charge < -0.3 is 5.11 Å². The van der Waals surface area contributed by atoms with Gasteiger partial charge in [0.25, 0.3) is 0 Å². The molecule has 0 fully saturated rings. The van der Waals surface area contributed by atoms with Gasteiger partial charge in [-0.25, -0.2) is 0 Å². The van der Waals surface area contributed by atoms with Crippen LogP contribution in [-0.4, -0.2) is 10.1 Å². The fourth-order valence-corrected chi connectivity index (χ4v) is 3.00. The second-order valence-electron chi connectivity index (χ2n) is 6.20. The lowest BCUT2D eigenvalue weighted by Gasteiger charge is -2.10. The summed E-state index contributed by atoms with van der Waals surface area (Å²) >= 11 is 0. The van der Waals surface area contributed by atoms with Crippen molar-refractivity contribution >= 4 is 10.9 Å². The predicted molar refractivity (Wildman–Crippen MR) is 106 cm³/mol. The third-order valence-electron chi connectivity index (χ3n) is 4.32.